The third-order valence-electron chi connectivity index (χ3n) is 3.48. The van der Waals surface area contributed by atoms with Crippen molar-refractivity contribution in [2.45, 2.75) is 31.6 Å². The van der Waals surface area contributed by atoms with Gasteiger partial charge in [0.2, 0.25) is 0 Å². The minimum atomic E-state index is -2.48. The zero-order chi connectivity index (χ0) is 13.0. The number of hydrogen-bond acceptors (Lipinski definition) is 2. The van der Waals surface area contributed by atoms with Crippen LogP contribution in [0.4, 0.5) is 8.78 Å². The molecule has 2 rings (SSSR count). The number of alkyl halides is 2. The van der Waals surface area contributed by atoms with E-state index >= 15 is 0 Å². The largest absolute Gasteiger partial charge is 0.399 e. The predicted molar refractivity (Wildman–Crippen MR) is 69.3 cm³/mol. The molecule has 0 atom stereocenters. The van der Waals surface area contributed by atoms with Gasteiger partial charge in [0.1, 0.15) is 0 Å². The van der Waals surface area contributed by atoms with Crippen LogP contribution in [0.2, 0.25) is 0 Å². The van der Waals surface area contributed by atoms with Crippen LogP contribution in [0.3, 0.4) is 0 Å². The van der Waals surface area contributed by atoms with Gasteiger partial charge in [-0.15, -0.1) is 0 Å². The molecule has 100 valence electrons. The Labute approximate surface area is 107 Å². The molecule has 2 N–H and O–H groups in total. The van der Waals surface area contributed by atoms with Crippen molar-refractivity contribution in [1.82, 2.24) is 4.90 Å². The molecule has 4 heteroatoms. The fourth-order valence-electron chi connectivity index (χ4n) is 2.27. The predicted octanol–water partition coefficient (Wildman–Crippen LogP) is 2.84. The number of hydrogen-bond donors (Lipinski definition) is 1. The molecular weight excluding hydrogens is 234 g/mol. The molecule has 0 unspecified atom stereocenters. The van der Waals surface area contributed by atoms with Gasteiger partial charge < -0.3 is 5.73 Å². The molecule has 2 nitrogen and oxygen atoms in total. The van der Waals surface area contributed by atoms with Crippen molar-refractivity contribution in [3.8, 4) is 0 Å². The summed E-state index contributed by atoms with van der Waals surface area (Å²) in [5.41, 5.74) is 7.83. The second kappa shape index (κ2) is 5.65. The summed E-state index contributed by atoms with van der Waals surface area (Å²) in [5.74, 6) is -2.48. The summed E-state index contributed by atoms with van der Waals surface area (Å²) in [5, 5.41) is 0. The highest BCUT2D eigenvalue weighted by molar-refractivity contribution is 5.33. The van der Waals surface area contributed by atoms with Crippen molar-refractivity contribution in [3.05, 3.63) is 35.6 Å². The van der Waals surface area contributed by atoms with Gasteiger partial charge in [-0.3, -0.25) is 4.90 Å². The highest BCUT2D eigenvalue weighted by atomic mass is 19.3. The van der Waals surface area contributed by atoms with Gasteiger partial charge >= 0.3 is 0 Å². The van der Waals surface area contributed by atoms with Crippen LogP contribution in [-0.2, 0) is 0 Å². The topological polar surface area (TPSA) is 29.3 Å². The van der Waals surface area contributed by atoms with Crippen LogP contribution in [0.1, 0.15) is 25.7 Å². The molecule has 2 aliphatic rings. The molecule has 1 heterocycles. The lowest BCUT2D eigenvalue weighted by Crippen LogP contribution is -2.40. The monoisotopic (exact) mass is 254 g/mol. The second-order valence-electron chi connectivity index (χ2n) is 4.99. The van der Waals surface area contributed by atoms with Crippen molar-refractivity contribution in [2.75, 3.05) is 19.6 Å². The lowest BCUT2D eigenvalue weighted by Gasteiger charge is -2.32. The van der Waals surface area contributed by atoms with E-state index < -0.39 is 5.92 Å². The Morgan fingerprint density at radius 2 is 1.94 bits per heavy atom. The Balaban J connectivity index is 1.96. The summed E-state index contributed by atoms with van der Waals surface area (Å²) in [6.45, 7) is 1.56. The Morgan fingerprint density at radius 3 is 2.67 bits per heavy atom. The van der Waals surface area contributed by atoms with Gasteiger partial charge in [0, 0.05) is 38.2 Å². The molecule has 0 radical (unpaired) electrons. The Morgan fingerprint density at radius 1 is 1.22 bits per heavy atom. The van der Waals surface area contributed by atoms with Crippen LogP contribution in [-0.4, -0.2) is 30.5 Å². The standard InChI is InChI=1S/C14H20F2N2/c15-14(16)7-9-18(10-8-14)11-12-5-3-1-2-4-6-13(12)17/h1,3,5-6H,2,4,7-11,17H2. The van der Waals surface area contributed by atoms with E-state index in [0.717, 1.165) is 24.1 Å². The second-order valence-corrected chi connectivity index (χ2v) is 4.99. The summed E-state index contributed by atoms with van der Waals surface area (Å²) >= 11 is 0. The summed E-state index contributed by atoms with van der Waals surface area (Å²) in [6, 6.07) is 0. The molecule has 0 amide bonds. The number of halogens is 2. The van der Waals surface area contributed by atoms with E-state index in [2.05, 4.69) is 11.0 Å². The first-order valence-corrected chi connectivity index (χ1v) is 6.49. The first-order chi connectivity index (χ1) is 8.57. The molecule has 1 aliphatic carbocycles. The lowest BCUT2D eigenvalue weighted by atomic mass is 10.0. The van der Waals surface area contributed by atoms with E-state index in [1.54, 1.807) is 0 Å². The van der Waals surface area contributed by atoms with Gasteiger partial charge in [-0.05, 0) is 18.4 Å². The van der Waals surface area contributed by atoms with E-state index in [1.807, 2.05) is 18.2 Å². The molecule has 18 heavy (non-hydrogen) atoms. The Hall–Kier alpha value is -1.16. The average Bonchev–Trinajstić information content (AvgIpc) is 2.31. The highest BCUT2D eigenvalue weighted by Crippen LogP contribution is 2.28. The van der Waals surface area contributed by atoms with Crippen LogP contribution in [0.5, 0.6) is 0 Å². The van der Waals surface area contributed by atoms with Gasteiger partial charge in [0.15, 0.2) is 0 Å². The van der Waals surface area contributed by atoms with Crippen LogP contribution >= 0.6 is 0 Å². The molecule has 1 fully saturated rings. The number of piperidine rings is 1. The normalized spacial score (nSPS) is 25.0. The van der Waals surface area contributed by atoms with Gasteiger partial charge in [-0.1, -0.05) is 24.3 Å². The Bertz CT molecular complexity index is 373. The maximum atomic E-state index is 13.1. The Kier molecular flexibility index (Phi) is 4.17. The molecular formula is C14H20F2N2. The molecule has 0 aromatic carbocycles. The fraction of sp³-hybridized carbons (Fsp3) is 0.571. The summed E-state index contributed by atoms with van der Waals surface area (Å²) in [4.78, 5) is 2.05. The van der Waals surface area contributed by atoms with Crippen molar-refractivity contribution in [3.63, 3.8) is 0 Å². The number of rotatable bonds is 2. The van der Waals surface area contributed by atoms with Crippen LogP contribution < -0.4 is 5.73 Å². The molecule has 0 aromatic rings. The molecule has 1 saturated heterocycles. The first-order valence-electron chi connectivity index (χ1n) is 6.49. The van der Waals surface area contributed by atoms with E-state index in [9.17, 15) is 8.78 Å². The molecule has 0 aromatic heterocycles. The molecule has 0 saturated carbocycles. The van der Waals surface area contributed by atoms with Crippen LogP contribution in [0.25, 0.3) is 0 Å². The van der Waals surface area contributed by atoms with Crippen LogP contribution in [0.15, 0.2) is 35.6 Å². The molecule has 1 aliphatic heterocycles. The highest BCUT2D eigenvalue weighted by Gasteiger charge is 2.33. The summed E-state index contributed by atoms with van der Waals surface area (Å²) in [6.07, 6.45) is 9.99. The van der Waals surface area contributed by atoms with E-state index in [4.69, 9.17) is 5.73 Å². The third-order valence-corrected chi connectivity index (χ3v) is 3.48. The number of nitrogens with zero attached hydrogens (tertiary/aromatic N) is 1. The number of nitrogens with two attached hydrogens (primary N) is 1. The third kappa shape index (κ3) is 3.67. The minimum Gasteiger partial charge on any atom is -0.399 e. The van der Waals surface area contributed by atoms with Crippen LogP contribution in [0, 0.1) is 0 Å². The van der Waals surface area contributed by atoms with E-state index in [1.165, 1.54) is 0 Å². The smallest absolute Gasteiger partial charge is 0.250 e. The van der Waals surface area contributed by atoms with Crippen molar-refractivity contribution < 1.29 is 8.78 Å². The van der Waals surface area contributed by atoms with E-state index in [0.29, 0.717) is 19.6 Å². The van der Waals surface area contributed by atoms with E-state index in [-0.39, 0.29) is 12.8 Å². The summed E-state index contributed by atoms with van der Waals surface area (Å²) < 4.78 is 26.1. The minimum absolute atomic E-state index is 0.0419. The van der Waals surface area contributed by atoms with Crippen molar-refractivity contribution in [1.29, 1.82) is 0 Å². The maximum absolute atomic E-state index is 13.1. The number of likely N-dealkylation sites (tertiary alicyclic amines) is 1. The van der Waals surface area contributed by atoms with Crippen molar-refractivity contribution in [2.24, 2.45) is 5.73 Å². The average molecular weight is 254 g/mol. The fourth-order valence-corrected chi connectivity index (χ4v) is 2.27. The lowest BCUT2D eigenvalue weighted by molar-refractivity contribution is -0.0533. The maximum Gasteiger partial charge on any atom is 0.250 e. The van der Waals surface area contributed by atoms with Crippen molar-refractivity contribution >= 4 is 0 Å². The van der Waals surface area contributed by atoms with Gasteiger partial charge in [0.05, 0.1) is 0 Å². The zero-order valence-corrected chi connectivity index (χ0v) is 10.5. The quantitative estimate of drug-likeness (QED) is 0.821. The molecule has 0 spiro atoms. The first kappa shape index (κ1) is 13.3. The summed E-state index contributed by atoms with van der Waals surface area (Å²) in [7, 11) is 0. The molecule has 0 bridgehead atoms. The SMILES string of the molecule is NC1=CCCC=CC=C1CN1CCC(F)(F)CC1. The van der Waals surface area contributed by atoms with Gasteiger partial charge in [-0.2, -0.15) is 0 Å². The zero-order valence-electron chi connectivity index (χ0n) is 10.5. The van der Waals surface area contributed by atoms with Gasteiger partial charge in [0.25, 0.3) is 5.92 Å². The van der Waals surface area contributed by atoms with Gasteiger partial charge in [-0.25, -0.2) is 8.78 Å². The number of allylic oxidation sites excluding steroid dienone is 4.